The Bertz CT molecular complexity index is 511. The van der Waals surface area contributed by atoms with Crippen LogP contribution in [0.25, 0.3) is 0 Å². The van der Waals surface area contributed by atoms with E-state index >= 15 is 0 Å². The summed E-state index contributed by atoms with van der Waals surface area (Å²) >= 11 is 0. The van der Waals surface area contributed by atoms with Gasteiger partial charge in [0.1, 0.15) is 0 Å². The molecule has 3 rings (SSSR count). The third-order valence-electron chi connectivity index (χ3n) is 3.34. The molecule has 1 fully saturated rings. The second-order valence-electron chi connectivity index (χ2n) is 4.65. The molecule has 0 aromatic carbocycles. The summed E-state index contributed by atoms with van der Waals surface area (Å²) in [6.45, 7) is 3.64. The first-order valence-corrected chi connectivity index (χ1v) is 6.26. The smallest absolute Gasteiger partial charge is 0.240 e. The molecular formula is C13H16N4O. The minimum Gasteiger partial charge on any atom is -0.338 e. The molecule has 94 valence electrons. The topological polar surface area (TPSA) is 55.1 Å². The van der Waals surface area contributed by atoms with Crippen LogP contribution < -0.4 is 0 Å². The lowest BCUT2D eigenvalue weighted by atomic mass is 10.1. The average Bonchev–Trinajstić information content (AvgIpc) is 3.00. The van der Waals surface area contributed by atoms with Crippen molar-refractivity contribution in [1.82, 2.24) is 20.0 Å². The van der Waals surface area contributed by atoms with E-state index in [4.69, 9.17) is 4.52 Å². The highest BCUT2D eigenvalue weighted by Crippen LogP contribution is 2.32. The summed E-state index contributed by atoms with van der Waals surface area (Å²) in [6.07, 6.45) is 6.12. The minimum atomic E-state index is 0.422. The van der Waals surface area contributed by atoms with E-state index in [9.17, 15) is 0 Å². The molecule has 1 atom stereocenters. The molecule has 0 saturated carbocycles. The van der Waals surface area contributed by atoms with Crippen LogP contribution in [-0.2, 0) is 6.54 Å². The fourth-order valence-electron chi connectivity index (χ4n) is 2.54. The zero-order chi connectivity index (χ0) is 12.4. The molecule has 0 aliphatic carbocycles. The van der Waals surface area contributed by atoms with Crippen LogP contribution in [0.2, 0.25) is 0 Å². The van der Waals surface area contributed by atoms with Crippen LogP contribution in [0.4, 0.5) is 0 Å². The standard InChI is InChI=1S/C13H16N4O/c1-10-15-13(18-16-10)9-17-7-3-5-12(17)11-4-2-6-14-8-11/h2,4,6,8,12H,3,5,7,9H2,1H3. The third-order valence-corrected chi connectivity index (χ3v) is 3.34. The van der Waals surface area contributed by atoms with Gasteiger partial charge in [0.2, 0.25) is 5.89 Å². The predicted octanol–water partition coefficient (Wildman–Crippen LogP) is 2.11. The second-order valence-corrected chi connectivity index (χ2v) is 4.65. The Morgan fingerprint density at radius 3 is 3.17 bits per heavy atom. The summed E-state index contributed by atoms with van der Waals surface area (Å²) in [6, 6.07) is 4.54. The Balaban J connectivity index is 1.75. The maximum Gasteiger partial charge on any atom is 0.240 e. The highest BCUT2D eigenvalue weighted by Gasteiger charge is 2.27. The quantitative estimate of drug-likeness (QED) is 0.827. The first kappa shape index (κ1) is 11.3. The first-order valence-electron chi connectivity index (χ1n) is 6.26. The van der Waals surface area contributed by atoms with E-state index in [1.165, 1.54) is 18.4 Å². The second kappa shape index (κ2) is 4.86. The van der Waals surface area contributed by atoms with E-state index in [1.54, 1.807) is 0 Å². The van der Waals surface area contributed by atoms with Crippen LogP contribution in [0.3, 0.4) is 0 Å². The molecule has 2 aromatic rings. The highest BCUT2D eigenvalue weighted by molar-refractivity contribution is 5.15. The van der Waals surface area contributed by atoms with Crippen molar-refractivity contribution < 1.29 is 4.52 Å². The van der Waals surface area contributed by atoms with Gasteiger partial charge in [0.25, 0.3) is 0 Å². The number of pyridine rings is 1. The van der Waals surface area contributed by atoms with Gasteiger partial charge in [0.15, 0.2) is 5.82 Å². The Labute approximate surface area is 106 Å². The van der Waals surface area contributed by atoms with E-state index in [1.807, 2.05) is 25.4 Å². The molecule has 1 unspecified atom stereocenters. The van der Waals surface area contributed by atoms with E-state index in [0.717, 1.165) is 13.1 Å². The molecule has 0 bridgehead atoms. The normalized spacial score (nSPS) is 20.4. The van der Waals surface area contributed by atoms with Gasteiger partial charge in [-0.15, -0.1) is 0 Å². The van der Waals surface area contributed by atoms with Gasteiger partial charge in [-0.25, -0.2) is 0 Å². The monoisotopic (exact) mass is 244 g/mol. The lowest BCUT2D eigenvalue weighted by Crippen LogP contribution is -2.23. The van der Waals surface area contributed by atoms with E-state index < -0.39 is 0 Å². The van der Waals surface area contributed by atoms with Gasteiger partial charge in [-0.05, 0) is 37.9 Å². The zero-order valence-corrected chi connectivity index (χ0v) is 10.4. The molecule has 0 radical (unpaired) electrons. The van der Waals surface area contributed by atoms with Crippen LogP contribution in [0.15, 0.2) is 29.0 Å². The largest absolute Gasteiger partial charge is 0.338 e. The molecule has 0 N–H and O–H groups in total. The van der Waals surface area contributed by atoms with Crippen molar-refractivity contribution in [2.45, 2.75) is 32.4 Å². The summed E-state index contributed by atoms with van der Waals surface area (Å²) in [7, 11) is 0. The van der Waals surface area contributed by atoms with Crippen molar-refractivity contribution in [3.8, 4) is 0 Å². The lowest BCUT2D eigenvalue weighted by Gasteiger charge is -2.22. The number of hydrogen-bond donors (Lipinski definition) is 0. The number of nitrogens with zero attached hydrogens (tertiary/aromatic N) is 4. The van der Waals surface area contributed by atoms with Gasteiger partial charge < -0.3 is 4.52 Å². The van der Waals surface area contributed by atoms with E-state index in [0.29, 0.717) is 17.8 Å². The van der Waals surface area contributed by atoms with Crippen molar-refractivity contribution in [3.63, 3.8) is 0 Å². The molecule has 3 heterocycles. The SMILES string of the molecule is Cc1noc(CN2CCCC2c2cccnc2)n1. The summed E-state index contributed by atoms with van der Waals surface area (Å²) in [5, 5.41) is 3.83. The van der Waals surface area contributed by atoms with Gasteiger partial charge in [-0.3, -0.25) is 9.88 Å². The Hall–Kier alpha value is -1.75. The van der Waals surface area contributed by atoms with Crippen LogP contribution in [0, 0.1) is 6.92 Å². The lowest BCUT2D eigenvalue weighted by molar-refractivity contribution is 0.212. The number of likely N-dealkylation sites (tertiary alicyclic amines) is 1. The summed E-state index contributed by atoms with van der Waals surface area (Å²) in [4.78, 5) is 10.8. The Morgan fingerprint density at radius 1 is 1.50 bits per heavy atom. The minimum absolute atomic E-state index is 0.422. The molecule has 0 amide bonds. The average molecular weight is 244 g/mol. The summed E-state index contributed by atoms with van der Waals surface area (Å²) < 4.78 is 5.19. The van der Waals surface area contributed by atoms with Crippen molar-refractivity contribution in [2.75, 3.05) is 6.54 Å². The molecule has 0 spiro atoms. The third kappa shape index (κ3) is 2.26. The van der Waals surface area contributed by atoms with Gasteiger partial charge in [0, 0.05) is 18.4 Å². The molecular weight excluding hydrogens is 228 g/mol. The van der Waals surface area contributed by atoms with Crippen molar-refractivity contribution >= 4 is 0 Å². The van der Waals surface area contributed by atoms with Gasteiger partial charge in [-0.2, -0.15) is 4.98 Å². The number of aryl methyl sites for hydroxylation is 1. The van der Waals surface area contributed by atoms with Crippen molar-refractivity contribution in [2.24, 2.45) is 0 Å². The summed E-state index contributed by atoms with van der Waals surface area (Å²) in [5.74, 6) is 1.39. The molecule has 1 saturated heterocycles. The summed E-state index contributed by atoms with van der Waals surface area (Å²) in [5.41, 5.74) is 1.27. The number of rotatable bonds is 3. The number of hydrogen-bond acceptors (Lipinski definition) is 5. The van der Waals surface area contributed by atoms with Crippen molar-refractivity contribution in [1.29, 1.82) is 0 Å². The van der Waals surface area contributed by atoms with Gasteiger partial charge in [0.05, 0.1) is 6.54 Å². The number of aromatic nitrogens is 3. The maximum atomic E-state index is 5.19. The Kier molecular flexibility index (Phi) is 3.06. The Morgan fingerprint density at radius 2 is 2.44 bits per heavy atom. The molecule has 5 heteroatoms. The van der Waals surface area contributed by atoms with E-state index in [2.05, 4.69) is 26.1 Å². The molecule has 5 nitrogen and oxygen atoms in total. The fourth-order valence-corrected chi connectivity index (χ4v) is 2.54. The van der Waals surface area contributed by atoms with Crippen LogP contribution >= 0.6 is 0 Å². The fraction of sp³-hybridized carbons (Fsp3) is 0.462. The van der Waals surface area contributed by atoms with Crippen LogP contribution in [-0.4, -0.2) is 26.6 Å². The molecule has 1 aliphatic rings. The zero-order valence-electron chi connectivity index (χ0n) is 10.4. The van der Waals surface area contributed by atoms with Crippen molar-refractivity contribution in [3.05, 3.63) is 41.8 Å². The highest BCUT2D eigenvalue weighted by atomic mass is 16.5. The van der Waals surface area contributed by atoms with Crippen LogP contribution in [0.5, 0.6) is 0 Å². The van der Waals surface area contributed by atoms with Crippen LogP contribution in [0.1, 0.15) is 36.2 Å². The molecule has 2 aromatic heterocycles. The first-order chi connectivity index (χ1) is 8.83. The maximum absolute atomic E-state index is 5.19. The molecule has 1 aliphatic heterocycles. The predicted molar refractivity (Wildman–Crippen MR) is 65.7 cm³/mol. The molecule has 18 heavy (non-hydrogen) atoms. The van der Waals surface area contributed by atoms with Gasteiger partial charge >= 0.3 is 0 Å². The van der Waals surface area contributed by atoms with E-state index in [-0.39, 0.29) is 0 Å². The van der Waals surface area contributed by atoms with Gasteiger partial charge in [-0.1, -0.05) is 11.2 Å².